The van der Waals surface area contributed by atoms with E-state index in [9.17, 15) is 0 Å². The molecule has 0 saturated carbocycles. The van der Waals surface area contributed by atoms with Crippen molar-refractivity contribution >= 4 is 22.8 Å². The van der Waals surface area contributed by atoms with Gasteiger partial charge in [0.05, 0.1) is 6.54 Å². The zero-order valence-electron chi connectivity index (χ0n) is 14.2. The molecule has 3 heterocycles. The standard InChI is InChI=1S/C16H22N6S/c1-6-11-9-17-14(23-11)10-21(5)13-8-7-12-18-19-15(16(2,3)4)22(12)20-13/h7-9H,6,10H2,1-5H3. The van der Waals surface area contributed by atoms with Gasteiger partial charge in [0.25, 0.3) is 0 Å². The van der Waals surface area contributed by atoms with Gasteiger partial charge in [-0.1, -0.05) is 27.7 Å². The van der Waals surface area contributed by atoms with E-state index >= 15 is 0 Å². The van der Waals surface area contributed by atoms with Gasteiger partial charge >= 0.3 is 0 Å². The lowest BCUT2D eigenvalue weighted by molar-refractivity contribution is 0.526. The minimum absolute atomic E-state index is 0.102. The number of anilines is 1. The van der Waals surface area contributed by atoms with Crippen LogP contribution < -0.4 is 4.90 Å². The Balaban J connectivity index is 1.89. The average molecular weight is 330 g/mol. The molecule has 0 fully saturated rings. The van der Waals surface area contributed by atoms with Gasteiger partial charge in [-0.2, -0.15) is 4.52 Å². The molecule has 0 atom stereocenters. The molecule has 3 aromatic rings. The molecular formula is C16H22N6S. The Bertz CT molecular complexity index is 813. The fourth-order valence-corrected chi connectivity index (χ4v) is 3.23. The third-order valence-corrected chi connectivity index (χ3v) is 4.76. The predicted molar refractivity (Wildman–Crippen MR) is 93.1 cm³/mol. The summed E-state index contributed by atoms with van der Waals surface area (Å²) in [5.74, 6) is 1.75. The molecule has 122 valence electrons. The van der Waals surface area contributed by atoms with Gasteiger partial charge in [-0.15, -0.1) is 26.6 Å². The highest BCUT2D eigenvalue weighted by atomic mass is 32.1. The van der Waals surface area contributed by atoms with Gasteiger partial charge in [-0.3, -0.25) is 0 Å². The highest BCUT2D eigenvalue weighted by Crippen LogP contribution is 2.22. The first-order valence-electron chi connectivity index (χ1n) is 7.76. The highest BCUT2D eigenvalue weighted by molar-refractivity contribution is 7.11. The van der Waals surface area contributed by atoms with Crippen molar-refractivity contribution in [1.29, 1.82) is 0 Å². The van der Waals surface area contributed by atoms with Gasteiger partial charge in [0.15, 0.2) is 11.5 Å². The summed E-state index contributed by atoms with van der Waals surface area (Å²) in [5.41, 5.74) is 0.671. The quantitative estimate of drug-likeness (QED) is 0.736. The second-order valence-electron chi connectivity index (χ2n) is 6.67. The second-order valence-corrected chi connectivity index (χ2v) is 7.86. The molecule has 6 nitrogen and oxygen atoms in total. The van der Waals surface area contributed by atoms with E-state index in [1.54, 1.807) is 11.3 Å². The molecule has 3 aromatic heterocycles. The van der Waals surface area contributed by atoms with Crippen molar-refractivity contribution in [2.75, 3.05) is 11.9 Å². The molecule has 3 rings (SSSR count). The molecule has 7 heteroatoms. The van der Waals surface area contributed by atoms with Crippen molar-refractivity contribution in [1.82, 2.24) is 24.8 Å². The number of nitrogens with zero attached hydrogens (tertiary/aromatic N) is 6. The molecule has 0 bridgehead atoms. The van der Waals surface area contributed by atoms with E-state index in [4.69, 9.17) is 5.10 Å². The van der Waals surface area contributed by atoms with Crippen LogP contribution in [-0.2, 0) is 18.4 Å². The molecule has 0 aliphatic rings. The lowest BCUT2D eigenvalue weighted by atomic mass is 9.96. The van der Waals surface area contributed by atoms with Gasteiger partial charge in [-0.05, 0) is 18.6 Å². The van der Waals surface area contributed by atoms with E-state index in [2.05, 4.69) is 47.8 Å². The Kier molecular flexibility index (Phi) is 4.06. The van der Waals surface area contributed by atoms with E-state index in [1.165, 1.54) is 4.88 Å². The van der Waals surface area contributed by atoms with Crippen molar-refractivity contribution in [3.05, 3.63) is 34.0 Å². The number of hydrogen-bond donors (Lipinski definition) is 0. The topological polar surface area (TPSA) is 59.2 Å². The summed E-state index contributed by atoms with van der Waals surface area (Å²) < 4.78 is 1.84. The maximum atomic E-state index is 4.72. The van der Waals surface area contributed by atoms with Crippen LogP contribution in [0.4, 0.5) is 5.82 Å². The van der Waals surface area contributed by atoms with Crippen LogP contribution in [0.5, 0.6) is 0 Å². The third-order valence-electron chi connectivity index (χ3n) is 3.63. The summed E-state index contributed by atoms with van der Waals surface area (Å²) in [5, 5.41) is 14.3. The van der Waals surface area contributed by atoms with Gasteiger partial charge in [0.1, 0.15) is 10.8 Å². The van der Waals surface area contributed by atoms with Crippen LogP contribution in [0.1, 0.15) is 43.4 Å². The Morgan fingerprint density at radius 2 is 2.00 bits per heavy atom. The fourth-order valence-electron chi connectivity index (χ4n) is 2.32. The highest BCUT2D eigenvalue weighted by Gasteiger charge is 2.22. The molecule has 0 aliphatic carbocycles. The van der Waals surface area contributed by atoms with Gasteiger partial charge in [0, 0.05) is 23.5 Å². The average Bonchev–Trinajstić information content (AvgIpc) is 3.11. The first-order chi connectivity index (χ1) is 10.9. The van der Waals surface area contributed by atoms with E-state index in [0.29, 0.717) is 0 Å². The van der Waals surface area contributed by atoms with Gasteiger partial charge < -0.3 is 4.90 Å². The summed E-state index contributed by atoms with van der Waals surface area (Å²) >= 11 is 1.76. The second kappa shape index (κ2) is 5.88. The first kappa shape index (κ1) is 15.9. The molecule has 23 heavy (non-hydrogen) atoms. The SMILES string of the molecule is CCc1cnc(CN(C)c2ccc3nnc(C(C)(C)C)n3n2)s1. The van der Waals surface area contributed by atoms with Crippen LogP contribution in [0.25, 0.3) is 5.65 Å². The number of thiazole rings is 1. The fraction of sp³-hybridized carbons (Fsp3) is 0.500. The summed E-state index contributed by atoms with van der Waals surface area (Å²) in [7, 11) is 2.03. The third kappa shape index (κ3) is 3.19. The molecular weight excluding hydrogens is 308 g/mol. The van der Waals surface area contributed by atoms with Crippen LogP contribution in [0, 0.1) is 0 Å². The monoisotopic (exact) mass is 330 g/mol. The zero-order chi connectivity index (χ0) is 16.6. The smallest absolute Gasteiger partial charge is 0.178 e. The summed E-state index contributed by atoms with van der Waals surface area (Å²) in [6.07, 6.45) is 2.99. The molecule has 0 aliphatic heterocycles. The largest absolute Gasteiger partial charge is 0.351 e. The lowest BCUT2D eigenvalue weighted by Gasteiger charge is -2.18. The van der Waals surface area contributed by atoms with E-state index in [0.717, 1.165) is 35.3 Å². The van der Waals surface area contributed by atoms with Crippen molar-refractivity contribution in [3.8, 4) is 0 Å². The van der Waals surface area contributed by atoms with Crippen LogP contribution in [-0.4, -0.2) is 31.8 Å². The predicted octanol–water partition coefficient (Wildman–Crippen LogP) is 3.08. The lowest BCUT2D eigenvalue weighted by Crippen LogP contribution is -2.21. The van der Waals surface area contributed by atoms with Crippen molar-refractivity contribution in [2.45, 2.75) is 46.1 Å². The number of hydrogen-bond acceptors (Lipinski definition) is 6. The van der Waals surface area contributed by atoms with Crippen molar-refractivity contribution in [2.24, 2.45) is 0 Å². The van der Waals surface area contributed by atoms with Crippen molar-refractivity contribution < 1.29 is 0 Å². The number of rotatable bonds is 4. The molecule has 0 unspecified atom stereocenters. The molecule has 0 N–H and O–H groups in total. The summed E-state index contributed by atoms with van der Waals surface area (Å²) in [6, 6.07) is 3.94. The van der Waals surface area contributed by atoms with E-state index in [1.807, 2.05) is 29.9 Å². The molecule has 0 radical (unpaired) electrons. The van der Waals surface area contributed by atoms with Gasteiger partial charge in [0.2, 0.25) is 0 Å². The minimum atomic E-state index is -0.102. The van der Waals surface area contributed by atoms with Crippen LogP contribution >= 0.6 is 11.3 Å². The van der Waals surface area contributed by atoms with E-state index in [-0.39, 0.29) is 5.41 Å². The van der Waals surface area contributed by atoms with Crippen LogP contribution in [0.2, 0.25) is 0 Å². The van der Waals surface area contributed by atoms with E-state index < -0.39 is 0 Å². The first-order valence-corrected chi connectivity index (χ1v) is 8.58. The minimum Gasteiger partial charge on any atom is -0.351 e. The Morgan fingerprint density at radius 1 is 1.22 bits per heavy atom. The normalized spacial score (nSPS) is 12.0. The maximum absolute atomic E-state index is 4.72. The van der Waals surface area contributed by atoms with Gasteiger partial charge in [-0.25, -0.2) is 4.98 Å². The Morgan fingerprint density at radius 3 is 2.65 bits per heavy atom. The van der Waals surface area contributed by atoms with Crippen LogP contribution in [0.15, 0.2) is 18.3 Å². The zero-order valence-corrected chi connectivity index (χ0v) is 15.1. The molecule has 0 aromatic carbocycles. The number of aryl methyl sites for hydroxylation is 1. The molecule has 0 spiro atoms. The summed E-state index contributed by atoms with van der Waals surface area (Å²) in [6.45, 7) is 9.24. The molecule has 0 saturated heterocycles. The number of aromatic nitrogens is 5. The van der Waals surface area contributed by atoms with Crippen LogP contribution in [0.3, 0.4) is 0 Å². The Hall–Kier alpha value is -2.02. The summed E-state index contributed by atoms with van der Waals surface area (Å²) in [4.78, 5) is 7.89. The molecule has 0 amide bonds. The Labute approximate surface area is 140 Å². The maximum Gasteiger partial charge on any atom is 0.178 e. The van der Waals surface area contributed by atoms with Crippen molar-refractivity contribution in [3.63, 3.8) is 0 Å². The number of fused-ring (bicyclic) bond motifs is 1.